The highest BCUT2D eigenvalue weighted by molar-refractivity contribution is 9.10. The van der Waals surface area contributed by atoms with Crippen molar-refractivity contribution < 1.29 is 0 Å². The molecule has 0 saturated carbocycles. The quantitative estimate of drug-likeness (QED) is 0.825. The first-order valence-corrected chi connectivity index (χ1v) is 6.54. The van der Waals surface area contributed by atoms with E-state index < -0.39 is 0 Å². The van der Waals surface area contributed by atoms with Gasteiger partial charge in [-0.3, -0.25) is 5.10 Å². The highest BCUT2D eigenvalue weighted by Crippen LogP contribution is 2.26. The van der Waals surface area contributed by atoms with Crippen LogP contribution < -0.4 is 5.32 Å². The summed E-state index contributed by atoms with van der Waals surface area (Å²) in [4.78, 5) is 8.08. The summed E-state index contributed by atoms with van der Waals surface area (Å²) in [5.74, 6) is 1.19. The lowest BCUT2D eigenvalue weighted by Crippen LogP contribution is -2.11. The van der Waals surface area contributed by atoms with Crippen molar-refractivity contribution >= 4 is 39.2 Å². The Balaban J connectivity index is 2.24. The third-order valence-corrected chi connectivity index (χ3v) is 3.01. The summed E-state index contributed by atoms with van der Waals surface area (Å²) >= 11 is 9.19. The number of nitrogens with one attached hydrogen (secondary N) is 2. The molecule has 0 atom stereocenters. The maximum Gasteiger partial charge on any atom is 0.198 e. The second-order valence-corrected chi connectivity index (χ2v) is 5.99. The third-order valence-electron chi connectivity index (χ3n) is 2.35. The summed E-state index contributed by atoms with van der Waals surface area (Å²) in [7, 11) is 0. The molecule has 0 saturated heterocycles. The summed E-state index contributed by atoms with van der Waals surface area (Å²) in [6.07, 6.45) is 1.53. The van der Waals surface area contributed by atoms with Gasteiger partial charge in [-0.1, -0.05) is 32.4 Å². The molecule has 18 heavy (non-hydrogen) atoms. The molecule has 0 aliphatic carbocycles. The Morgan fingerprint density at radius 3 is 2.72 bits per heavy atom. The van der Waals surface area contributed by atoms with E-state index in [4.69, 9.17) is 11.6 Å². The topological polar surface area (TPSA) is 66.5 Å². The van der Waals surface area contributed by atoms with Gasteiger partial charge in [-0.15, -0.1) is 0 Å². The molecule has 0 bridgehead atoms. The second kappa shape index (κ2) is 4.85. The van der Waals surface area contributed by atoms with Crippen LogP contribution in [0.5, 0.6) is 0 Å². The predicted octanol–water partition coefficient (Wildman–Crippen LogP) is 3.66. The molecule has 0 fully saturated rings. The zero-order valence-corrected chi connectivity index (χ0v) is 12.6. The lowest BCUT2D eigenvalue weighted by atomic mass is 9.92. The fourth-order valence-corrected chi connectivity index (χ4v) is 1.74. The van der Waals surface area contributed by atoms with Crippen LogP contribution in [0.3, 0.4) is 0 Å². The molecule has 5 nitrogen and oxygen atoms in total. The van der Waals surface area contributed by atoms with Gasteiger partial charge in [-0.2, -0.15) is 5.10 Å². The number of halogens is 2. The summed E-state index contributed by atoms with van der Waals surface area (Å²) in [6, 6.07) is 1.94. The number of hydrogen-bond donors (Lipinski definition) is 2. The second-order valence-electron chi connectivity index (χ2n) is 4.88. The average molecular weight is 331 g/mol. The van der Waals surface area contributed by atoms with Crippen molar-refractivity contribution in [2.75, 3.05) is 5.32 Å². The lowest BCUT2D eigenvalue weighted by Gasteiger charge is -2.14. The van der Waals surface area contributed by atoms with E-state index in [1.54, 1.807) is 0 Å². The molecule has 7 heteroatoms. The fraction of sp³-hybridized carbons (Fsp3) is 0.364. The maximum atomic E-state index is 6.00. The van der Waals surface area contributed by atoms with Crippen LogP contribution in [0.4, 0.5) is 11.6 Å². The van der Waals surface area contributed by atoms with Crippen LogP contribution in [0.2, 0.25) is 5.02 Å². The monoisotopic (exact) mass is 329 g/mol. The van der Waals surface area contributed by atoms with E-state index in [0.717, 1.165) is 5.69 Å². The summed E-state index contributed by atoms with van der Waals surface area (Å²) in [5.41, 5.74) is 1.05. The molecule has 0 radical (unpaired) electrons. The largest absolute Gasteiger partial charge is 0.322 e. The average Bonchev–Trinajstić information content (AvgIpc) is 2.71. The fourth-order valence-electron chi connectivity index (χ4n) is 1.32. The van der Waals surface area contributed by atoms with E-state index in [1.807, 2.05) is 6.07 Å². The Bertz CT molecular complexity index is 561. The van der Waals surface area contributed by atoms with Crippen molar-refractivity contribution in [2.24, 2.45) is 0 Å². The Kier molecular flexibility index (Phi) is 3.59. The number of rotatable bonds is 2. The summed E-state index contributed by atoms with van der Waals surface area (Å²) < 4.78 is 0.473. The number of hydrogen-bond acceptors (Lipinski definition) is 4. The van der Waals surface area contributed by atoms with Gasteiger partial charge in [0.05, 0.1) is 6.20 Å². The zero-order valence-electron chi connectivity index (χ0n) is 10.3. The van der Waals surface area contributed by atoms with Crippen molar-refractivity contribution in [3.8, 4) is 0 Å². The van der Waals surface area contributed by atoms with Gasteiger partial charge in [-0.05, 0) is 15.9 Å². The molecule has 0 unspecified atom stereocenters. The van der Waals surface area contributed by atoms with E-state index in [0.29, 0.717) is 21.4 Å². The minimum atomic E-state index is 0.0168. The number of aromatic nitrogens is 4. The molecule has 2 rings (SSSR count). The van der Waals surface area contributed by atoms with Gasteiger partial charge in [0, 0.05) is 17.2 Å². The molecule has 2 heterocycles. The molecule has 0 aliphatic rings. The minimum absolute atomic E-state index is 0.0168. The van der Waals surface area contributed by atoms with Crippen LogP contribution in [0.25, 0.3) is 0 Å². The van der Waals surface area contributed by atoms with Crippen LogP contribution in [0.15, 0.2) is 17.0 Å². The third kappa shape index (κ3) is 3.00. The number of nitrogens with zero attached hydrogens (tertiary/aromatic N) is 3. The van der Waals surface area contributed by atoms with Crippen LogP contribution in [-0.4, -0.2) is 20.2 Å². The molecule has 2 aromatic heterocycles. The van der Waals surface area contributed by atoms with Gasteiger partial charge < -0.3 is 5.32 Å². The number of aromatic amines is 1. The normalized spacial score (nSPS) is 11.6. The molecule has 96 valence electrons. The standard InChI is InChI=1S/C11H13BrClN5/c1-11(2,3)7-4-8(18-17-7)15-9-6(13)5-14-10(12)16-9/h4-5H,1-3H3,(H2,14,15,16,17,18). The molecule has 0 aliphatic heterocycles. The maximum absolute atomic E-state index is 6.00. The molecule has 2 N–H and O–H groups in total. The SMILES string of the molecule is CC(C)(C)c1cc(Nc2nc(Br)ncc2Cl)n[nH]1. The first-order valence-electron chi connectivity index (χ1n) is 5.37. The van der Waals surface area contributed by atoms with Crippen LogP contribution in [0.1, 0.15) is 26.5 Å². The summed E-state index contributed by atoms with van der Waals surface area (Å²) in [6.45, 7) is 6.33. The Morgan fingerprint density at radius 1 is 1.39 bits per heavy atom. The van der Waals surface area contributed by atoms with E-state index in [2.05, 4.69) is 62.2 Å². The van der Waals surface area contributed by atoms with Gasteiger partial charge in [0.1, 0.15) is 5.02 Å². The molecular weight excluding hydrogens is 318 g/mol. The lowest BCUT2D eigenvalue weighted by molar-refractivity contribution is 0.567. The highest BCUT2D eigenvalue weighted by Gasteiger charge is 2.17. The van der Waals surface area contributed by atoms with Gasteiger partial charge in [0.15, 0.2) is 16.4 Å². The number of anilines is 2. The molecule has 2 aromatic rings. The summed E-state index contributed by atoms with van der Waals surface area (Å²) in [5, 5.41) is 10.7. The minimum Gasteiger partial charge on any atom is -0.322 e. The Morgan fingerprint density at radius 2 is 2.11 bits per heavy atom. The highest BCUT2D eigenvalue weighted by atomic mass is 79.9. The first-order chi connectivity index (χ1) is 8.36. The van der Waals surface area contributed by atoms with Crippen molar-refractivity contribution in [1.82, 2.24) is 20.2 Å². The number of H-pyrrole nitrogens is 1. The molecule has 0 amide bonds. The van der Waals surface area contributed by atoms with Crippen LogP contribution in [0, 0.1) is 0 Å². The van der Waals surface area contributed by atoms with Gasteiger partial charge >= 0.3 is 0 Å². The smallest absolute Gasteiger partial charge is 0.198 e. The Labute approximate surface area is 119 Å². The molecular formula is C11H13BrClN5. The van der Waals surface area contributed by atoms with E-state index in [1.165, 1.54) is 6.20 Å². The molecule has 0 spiro atoms. The van der Waals surface area contributed by atoms with E-state index in [9.17, 15) is 0 Å². The van der Waals surface area contributed by atoms with Crippen molar-refractivity contribution in [1.29, 1.82) is 0 Å². The van der Waals surface area contributed by atoms with Crippen molar-refractivity contribution in [2.45, 2.75) is 26.2 Å². The van der Waals surface area contributed by atoms with Gasteiger partial charge in [0.25, 0.3) is 0 Å². The van der Waals surface area contributed by atoms with Gasteiger partial charge in [-0.25, -0.2) is 9.97 Å². The molecule has 0 aromatic carbocycles. The van der Waals surface area contributed by atoms with E-state index in [-0.39, 0.29) is 5.41 Å². The van der Waals surface area contributed by atoms with Crippen molar-refractivity contribution in [3.05, 3.63) is 27.7 Å². The zero-order chi connectivity index (χ0) is 13.3. The van der Waals surface area contributed by atoms with Crippen molar-refractivity contribution in [3.63, 3.8) is 0 Å². The first kappa shape index (κ1) is 13.3. The van der Waals surface area contributed by atoms with E-state index >= 15 is 0 Å². The van der Waals surface area contributed by atoms with Crippen LogP contribution >= 0.6 is 27.5 Å². The predicted molar refractivity (Wildman–Crippen MR) is 75.3 cm³/mol. The Hall–Kier alpha value is -1.14. The van der Waals surface area contributed by atoms with Crippen LogP contribution in [-0.2, 0) is 5.41 Å². The van der Waals surface area contributed by atoms with Gasteiger partial charge in [0.2, 0.25) is 0 Å².